The molecule has 0 aliphatic heterocycles. The van der Waals surface area contributed by atoms with Gasteiger partial charge in [-0.15, -0.1) is 0 Å². The Morgan fingerprint density at radius 3 is 2.16 bits per heavy atom. The first-order valence-electron chi connectivity index (χ1n) is 11.7. The van der Waals surface area contributed by atoms with Crippen molar-refractivity contribution in [3.8, 4) is 5.75 Å². The molecule has 0 aromatic heterocycles. The van der Waals surface area contributed by atoms with Crippen LogP contribution in [0.15, 0.2) is 83.8 Å². The van der Waals surface area contributed by atoms with Crippen molar-refractivity contribution in [3.63, 3.8) is 0 Å². The molecule has 0 fully saturated rings. The van der Waals surface area contributed by atoms with Gasteiger partial charge in [-0.05, 0) is 67.9 Å². The van der Waals surface area contributed by atoms with Gasteiger partial charge in [0.2, 0.25) is 11.8 Å². The molecule has 196 valence electrons. The van der Waals surface area contributed by atoms with E-state index >= 15 is 0 Å². The van der Waals surface area contributed by atoms with Crippen LogP contribution in [-0.2, 0) is 26.2 Å². The van der Waals surface area contributed by atoms with Crippen molar-refractivity contribution in [1.29, 1.82) is 0 Å². The molecule has 0 aliphatic rings. The number of ether oxygens (including phenoxy) is 1. The van der Waals surface area contributed by atoms with E-state index in [9.17, 15) is 18.0 Å². The van der Waals surface area contributed by atoms with E-state index in [-0.39, 0.29) is 23.0 Å². The molecule has 8 nitrogen and oxygen atoms in total. The van der Waals surface area contributed by atoms with Gasteiger partial charge >= 0.3 is 0 Å². The van der Waals surface area contributed by atoms with Crippen molar-refractivity contribution < 1.29 is 22.7 Å². The van der Waals surface area contributed by atoms with Crippen LogP contribution in [0.25, 0.3) is 0 Å². The molecule has 0 saturated heterocycles. The highest BCUT2D eigenvalue weighted by Crippen LogP contribution is 2.27. The van der Waals surface area contributed by atoms with Crippen molar-refractivity contribution in [3.05, 3.63) is 89.4 Å². The number of amides is 2. The minimum absolute atomic E-state index is 0.0116. The lowest BCUT2D eigenvalue weighted by Crippen LogP contribution is -2.51. The Kier molecular flexibility index (Phi) is 9.54. The second-order valence-corrected chi connectivity index (χ2v) is 10.5. The Labute approximate surface area is 222 Å². The normalized spacial score (nSPS) is 11.9. The molecule has 0 radical (unpaired) electrons. The molecular formula is C27H30ClN3O5S. The van der Waals surface area contributed by atoms with Crippen LogP contribution in [0.1, 0.15) is 19.4 Å². The zero-order chi connectivity index (χ0) is 27.0. The van der Waals surface area contributed by atoms with Gasteiger partial charge in [0.1, 0.15) is 18.3 Å². The van der Waals surface area contributed by atoms with E-state index < -0.39 is 28.5 Å². The summed E-state index contributed by atoms with van der Waals surface area (Å²) in [4.78, 5) is 27.8. The number of benzene rings is 3. The first-order valence-corrected chi connectivity index (χ1v) is 13.5. The molecular weight excluding hydrogens is 514 g/mol. The third-order valence-corrected chi connectivity index (χ3v) is 7.80. The fourth-order valence-corrected chi connectivity index (χ4v) is 5.24. The molecule has 0 spiro atoms. The number of likely N-dealkylation sites (N-methyl/N-ethyl adjacent to an activating group) is 1. The van der Waals surface area contributed by atoms with Gasteiger partial charge in [0, 0.05) is 18.1 Å². The van der Waals surface area contributed by atoms with Crippen LogP contribution in [0, 0.1) is 0 Å². The van der Waals surface area contributed by atoms with E-state index in [0.29, 0.717) is 17.3 Å². The molecule has 0 bridgehead atoms. The fraction of sp³-hybridized carbons (Fsp3) is 0.259. The summed E-state index contributed by atoms with van der Waals surface area (Å²) >= 11 is 6.03. The molecule has 1 atom stereocenters. The van der Waals surface area contributed by atoms with Crippen molar-refractivity contribution in [2.75, 3.05) is 24.5 Å². The predicted molar refractivity (Wildman–Crippen MR) is 144 cm³/mol. The summed E-state index contributed by atoms with van der Waals surface area (Å²) in [6.45, 7) is 3.43. The average molecular weight is 544 g/mol. The maximum Gasteiger partial charge on any atom is 0.264 e. The molecule has 10 heteroatoms. The number of anilines is 1. The molecule has 0 aliphatic carbocycles. The summed E-state index contributed by atoms with van der Waals surface area (Å²) in [7, 11) is -2.68. The number of hydrogen-bond acceptors (Lipinski definition) is 5. The maximum atomic E-state index is 13.7. The Morgan fingerprint density at radius 2 is 1.59 bits per heavy atom. The molecule has 37 heavy (non-hydrogen) atoms. The minimum Gasteiger partial charge on any atom is -0.497 e. The maximum absolute atomic E-state index is 13.7. The van der Waals surface area contributed by atoms with Gasteiger partial charge < -0.3 is 15.0 Å². The number of carbonyl (C=O) groups excluding carboxylic acids is 2. The standard InChI is InChI=1S/C27H30ClN3O5S/c1-4-29-27(33)20(2)30(18-21-8-6-5-7-9-21)26(32)19-31(23-12-10-22(28)11-13-23)37(34,35)25-16-14-24(36-3)15-17-25/h5-17,20H,4,18-19H2,1-3H3,(H,29,33)/t20-/m0/s1. The predicted octanol–water partition coefficient (Wildman–Crippen LogP) is 4.10. The van der Waals surface area contributed by atoms with Crippen molar-refractivity contribution in [2.45, 2.75) is 31.3 Å². The van der Waals surface area contributed by atoms with Gasteiger partial charge in [-0.1, -0.05) is 41.9 Å². The molecule has 0 unspecified atom stereocenters. The van der Waals surface area contributed by atoms with Gasteiger partial charge in [-0.2, -0.15) is 0 Å². The molecule has 3 rings (SSSR count). The van der Waals surface area contributed by atoms with Crippen molar-refractivity contribution in [2.24, 2.45) is 0 Å². The molecule has 3 aromatic rings. The Bertz CT molecular complexity index is 1300. The summed E-state index contributed by atoms with van der Waals surface area (Å²) in [5, 5.41) is 3.16. The molecule has 0 heterocycles. The van der Waals surface area contributed by atoms with Gasteiger partial charge in [0.05, 0.1) is 17.7 Å². The van der Waals surface area contributed by atoms with Crippen molar-refractivity contribution in [1.82, 2.24) is 10.2 Å². The molecule has 3 aromatic carbocycles. The van der Waals surface area contributed by atoms with Crippen LogP contribution in [0.4, 0.5) is 5.69 Å². The first kappa shape index (κ1) is 28.0. The lowest BCUT2D eigenvalue weighted by molar-refractivity contribution is -0.139. The van der Waals surface area contributed by atoms with E-state index in [4.69, 9.17) is 16.3 Å². The van der Waals surface area contributed by atoms with Gasteiger partial charge in [0.25, 0.3) is 10.0 Å². The van der Waals surface area contributed by atoms with E-state index in [0.717, 1.165) is 9.87 Å². The second-order valence-electron chi connectivity index (χ2n) is 8.24. The Hall–Kier alpha value is -3.56. The van der Waals surface area contributed by atoms with Crippen LogP contribution < -0.4 is 14.4 Å². The van der Waals surface area contributed by atoms with E-state index in [2.05, 4.69) is 5.32 Å². The largest absolute Gasteiger partial charge is 0.497 e. The number of rotatable bonds is 11. The lowest BCUT2D eigenvalue weighted by atomic mass is 10.1. The van der Waals surface area contributed by atoms with E-state index in [1.165, 1.54) is 48.4 Å². The number of nitrogens with zero attached hydrogens (tertiary/aromatic N) is 2. The SMILES string of the molecule is CCNC(=O)[C@H](C)N(Cc1ccccc1)C(=O)CN(c1ccc(Cl)cc1)S(=O)(=O)c1ccc(OC)cc1. The van der Waals surface area contributed by atoms with Gasteiger partial charge in [-0.25, -0.2) is 8.42 Å². The summed E-state index contributed by atoms with van der Waals surface area (Å²) in [5.41, 5.74) is 1.07. The topological polar surface area (TPSA) is 96.0 Å². The smallest absolute Gasteiger partial charge is 0.264 e. The quantitative estimate of drug-likeness (QED) is 0.393. The van der Waals surface area contributed by atoms with Crippen LogP contribution in [0.5, 0.6) is 5.75 Å². The van der Waals surface area contributed by atoms with Crippen LogP contribution in [0.2, 0.25) is 5.02 Å². The number of methoxy groups -OCH3 is 1. The molecule has 0 saturated carbocycles. The highest BCUT2D eigenvalue weighted by Gasteiger charge is 2.32. The zero-order valence-corrected chi connectivity index (χ0v) is 22.5. The Balaban J connectivity index is 2.01. The number of halogens is 1. The summed E-state index contributed by atoms with van der Waals surface area (Å²) in [6, 6.07) is 20.5. The zero-order valence-electron chi connectivity index (χ0n) is 20.9. The van der Waals surface area contributed by atoms with Crippen molar-refractivity contribution >= 4 is 39.1 Å². The first-order chi connectivity index (χ1) is 17.7. The van der Waals surface area contributed by atoms with E-state index in [1.807, 2.05) is 30.3 Å². The third-order valence-electron chi connectivity index (χ3n) is 5.75. The number of sulfonamides is 1. The number of carbonyl (C=O) groups is 2. The van der Waals surface area contributed by atoms with E-state index in [1.54, 1.807) is 26.0 Å². The highest BCUT2D eigenvalue weighted by atomic mass is 35.5. The second kappa shape index (κ2) is 12.6. The number of hydrogen-bond donors (Lipinski definition) is 1. The van der Waals surface area contributed by atoms with Gasteiger partial charge in [0.15, 0.2) is 0 Å². The van der Waals surface area contributed by atoms with Crippen LogP contribution >= 0.6 is 11.6 Å². The summed E-state index contributed by atoms with van der Waals surface area (Å²) < 4.78 is 33.6. The van der Waals surface area contributed by atoms with Gasteiger partial charge in [-0.3, -0.25) is 13.9 Å². The highest BCUT2D eigenvalue weighted by molar-refractivity contribution is 7.92. The average Bonchev–Trinajstić information content (AvgIpc) is 2.91. The lowest BCUT2D eigenvalue weighted by Gasteiger charge is -2.32. The summed E-state index contributed by atoms with van der Waals surface area (Å²) in [6.07, 6.45) is 0. The molecule has 1 N–H and O–H groups in total. The van der Waals surface area contributed by atoms with Crippen LogP contribution in [0.3, 0.4) is 0 Å². The Morgan fingerprint density at radius 1 is 0.973 bits per heavy atom. The number of nitrogens with one attached hydrogen (secondary N) is 1. The van der Waals surface area contributed by atoms with Crippen LogP contribution in [-0.4, -0.2) is 51.4 Å². The fourth-order valence-electron chi connectivity index (χ4n) is 3.70. The third kappa shape index (κ3) is 7.02. The summed E-state index contributed by atoms with van der Waals surface area (Å²) in [5.74, 6) is -0.365. The molecule has 2 amide bonds. The monoisotopic (exact) mass is 543 g/mol. The minimum atomic E-state index is -4.16.